The van der Waals surface area contributed by atoms with Gasteiger partial charge in [0, 0.05) is 12.5 Å². The number of hydrogen-bond donors (Lipinski definition) is 2. The molecule has 1 fully saturated rings. The van der Waals surface area contributed by atoms with Crippen LogP contribution in [0.4, 0.5) is 0 Å². The van der Waals surface area contributed by atoms with Gasteiger partial charge in [0.05, 0.1) is 5.92 Å². The number of carboxylic acid groups (broad SMARTS) is 1. The Morgan fingerprint density at radius 2 is 1.94 bits per heavy atom. The lowest BCUT2D eigenvalue weighted by molar-refractivity contribution is -0.154. The van der Waals surface area contributed by atoms with Gasteiger partial charge in [-0.3, -0.25) is 9.59 Å². The molecule has 0 aliphatic carbocycles. The molecule has 1 saturated heterocycles. The quantitative estimate of drug-likeness (QED) is 0.735. The zero-order valence-electron chi connectivity index (χ0n) is 10.1. The Labute approximate surface area is 106 Å². The van der Waals surface area contributed by atoms with Crippen LogP contribution in [0.2, 0.25) is 0 Å². The summed E-state index contributed by atoms with van der Waals surface area (Å²) < 4.78 is 0. The third-order valence-electron chi connectivity index (χ3n) is 3.10. The lowest BCUT2D eigenvalue weighted by atomic mass is 9.95. The summed E-state index contributed by atoms with van der Waals surface area (Å²) in [5.74, 6) is -2.84. The molecular weight excluding hydrogens is 242 g/mol. The molecule has 1 aliphatic heterocycles. The molecule has 0 saturated carbocycles. The predicted octanol–water partition coefficient (Wildman–Crippen LogP) is 0.791. The lowest BCUT2D eigenvalue weighted by Gasteiger charge is -2.34. The Kier molecular flexibility index (Phi) is 3.86. The van der Waals surface area contributed by atoms with Crippen LogP contribution in [0.1, 0.15) is 27.2 Å². The molecular formula is C11H17NO4S. The van der Waals surface area contributed by atoms with Crippen LogP contribution in [0.25, 0.3) is 0 Å². The molecule has 0 aromatic rings. The number of ketones is 1. The van der Waals surface area contributed by atoms with Gasteiger partial charge in [0.1, 0.15) is 5.78 Å². The van der Waals surface area contributed by atoms with E-state index in [9.17, 15) is 19.5 Å². The van der Waals surface area contributed by atoms with Crippen LogP contribution in [-0.4, -0.2) is 39.1 Å². The van der Waals surface area contributed by atoms with Crippen LogP contribution in [0.5, 0.6) is 0 Å². The van der Waals surface area contributed by atoms with Gasteiger partial charge in [0.2, 0.25) is 5.91 Å². The smallest absolute Gasteiger partial charge is 0.340 e. The van der Waals surface area contributed by atoms with Crippen molar-refractivity contribution >= 4 is 30.3 Å². The number of aliphatic carboxylic acids is 1. The Hall–Kier alpha value is -1.04. The van der Waals surface area contributed by atoms with Gasteiger partial charge in [-0.2, -0.15) is 0 Å². The van der Waals surface area contributed by atoms with E-state index in [0.29, 0.717) is 6.42 Å². The molecule has 2 atom stereocenters. The zero-order valence-corrected chi connectivity index (χ0v) is 11.0. The van der Waals surface area contributed by atoms with E-state index in [4.69, 9.17) is 0 Å². The second-order valence-corrected chi connectivity index (χ2v) is 5.31. The molecule has 1 N–H and O–H groups in total. The highest BCUT2D eigenvalue weighted by Gasteiger charge is 2.56. The molecule has 1 heterocycles. The fourth-order valence-electron chi connectivity index (χ4n) is 2.16. The first kappa shape index (κ1) is 14.0. The van der Waals surface area contributed by atoms with E-state index < -0.39 is 16.8 Å². The molecule has 1 amide bonds. The number of Topliss-reactive ketones (excluding diaryl/α,β-unsaturated/α-hetero) is 1. The third kappa shape index (κ3) is 2.18. The largest absolute Gasteiger partial charge is 0.479 e. The number of carboxylic acids is 1. The predicted molar refractivity (Wildman–Crippen MR) is 64.7 cm³/mol. The van der Waals surface area contributed by atoms with Crippen molar-refractivity contribution in [1.29, 1.82) is 0 Å². The SMILES string of the molecule is CC(=O)C1CCN(C(=O)C(C)C)[C@]1(S)C(=O)O. The summed E-state index contributed by atoms with van der Waals surface area (Å²) in [7, 11) is 0. The van der Waals surface area contributed by atoms with E-state index in [0.717, 1.165) is 0 Å². The van der Waals surface area contributed by atoms with E-state index in [1.165, 1.54) is 11.8 Å². The number of thiol groups is 1. The summed E-state index contributed by atoms with van der Waals surface area (Å²) in [6.07, 6.45) is 0.351. The number of amides is 1. The molecule has 96 valence electrons. The van der Waals surface area contributed by atoms with Gasteiger partial charge < -0.3 is 10.0 Å². The van der Waals surface area contributed by atoms with Crippen LogP contribution in [0, 0.1) is 11.8 Å². The number of nitrogens with zero attached hydrogens (tertiary/aromatic N) is 1. The second-order valence-electron chi connectivity index (χ2n) is 4.63. The van der Waals surface area contributed by atoms with Crippen molar-refractivity contribution in [3.05, 3.63) is 0 Å². The fourth-order valence-corrected chi connectivity index (χ4v) is 2.67. The van der Waals surface area contributed by atoms with E-state index in [1.54, 1.807) is 13.8 Å². The third-order valence-corrected chi connectivity index (χ3v) is 3.85. The summed E-state index contributed by atoms with van der Waals surface area (Å²) in [6.45, 7) is 4.98. The van der Waals surface area contributed by atoms with Gasteiger partial charge >= 0.3 is 5.97 Å². The minimum Gasteiger partial charge on any atom is -0.479 e. The number of rotatable bonds is 3. The maximum atomic E-state index is 11.9. The molecule has 17 heavy (non-hydrogen) atoms. The summed E-state index contributed by atoms with van der Waals surface area (Å²) in [5, 5.41) is 9.27. The molecule has 0 spiro atoms. The van der Waals surface area contributed by atoms with Crippen LogP contribution in [0.15, 0.2) is 0 Å². The average molecular weight is 259 g/mol. The minimum absolute atomic E-state index is 0.249. The number of hydrogen-bond acceptors (Lipinski definition) is 4. The molecule has 1 aliphatic rings. The summed E-state index contributed by atoms with van der Waals surface area (Å²) >= 11 is 4.12. The summed E-state index contributed by atoms with van der Waals surface area (Å²) in [5.41, 5.74) is 0. The first-order valence-corrected chi connectivity index (χ1v) is 5.95. The number of carbonyl (C=O) groups is 3. The number of likely N-dealkylation sites (tertiary alicyclic amines) is 1. The molecule has 1 unspecified atom stereocenters. The van der Waals surface area contributed by atoms with Crippen LogP contribution in [-0.2, 0) is 14.4 Å². The molecule has 0 aromatic heterocycles. The Morgan fingerprint density at radius 1 is 1.41 bits per heavy atom. The van der Waals surface area contributed by atoms with E-state index in [2.05, 4.69) is 12.6 Å². The highest BCUT2D eigenvalue weighted by Crippen LogP contribution is 2.40. The maximum Gasteiger partial charge on any atom is 0.340 e. The van der Waals surface area contributed by atoms with Crippen molar-refractivity contribution in [2.24, 2.45) is 11.8 Å². The molecule has 6 heteroatoms. The van der Waals surface area contributed by atoms with Gasteiger partial charge in [-0.1, -0.05) is 13.8 Å². The molecule has 0 radical (unpaired) electrons. The van der Waals surface area contributed by atoms with Crippen molar-refractivity contribution in [3.63, 3.8) is 0 Å². The topological polar surface area (TPSA) is 74.7 Å². The van der Waals surface area contributed by atoms with E-state index >= 15 is 0 Å². The van der Waals surface area contributed by atoms with Crippen molar-refractivity contribution in [3.8, 4) is 0 Å². The van der Waals surface area contributed by atoms with Crippen molar-refractivity contribution in [1.82, 2.24) is 4.90 Å². The van der Waals surface area contributed by atoms with Crippen LogP contribution in [0.3, 0.4) is 0 Å². The van der Waals surface area contributed by atoms with E-state index in [-0.39, 0.29) is 24.2 Å². The van der Waals surface area contributed by atoms with Gasteiger partial charge in [0.25, 0.3) is 0 Å². The van der Waals surface area contributed by atoms with E-state index in [1.807, 2.05) is 0 Å². The van der Waals surface area contributed by atoms with Crippen molar-refractivity contribution in [2.45, 2.75) is 32.1 Å². The first-order valence-electron chi connectivity index (χ1n) is 5.50. The molecule has 0 bridgehead atoms. The monoisotopic (exact) mass is 259 g/mol. The number of carbonyl (C=O) groups excluding carboxylic acids is 2. The van der Waals surface area contributed by atoms with Gasteiger partial charge in [-0.25, -0.2) is 4.79 Å². The lowest BCUT2D eigenvalue weighted by Crippen LogP contribution is -2.54. The standard InChI is InChI=1S/C11H17NO4S/c1-6(2)9(14)12-5-4-8(7(3)13)11(12,17)10(15)16/h6,8,17H,4-5H2,1-3H3,(H,15,16)/t8?,11-/m1/s1. The van der Waals surface area contributed by atoms with Crippen molar-refractivity contribution in [2.75, 3.05) is 6.54 Å². The highest BCUT2D eigenvalue weighted by molar-refractivity contribution is 7.82. The van der Waals surface area contributed by atoms with Crippen LogP contribution >= 0.6 is 12.6 Å². The first-order chi connectivity index (χ1) is 7.72. The van der Waals surface area contributed by atoms with Crippen molar-refractivity contribution < 1.29 is 19.5 Å². The zero-order chi connectivity index (χ0) is 13.4. The minimum atomic E-state index is -1.70. The Bertz CT molecular complexity index is 368. The highest BCUT2D eigenvalue weighted by atomic mass is 32.1. The van der Waals surface area contributed by atoms with Crippen LogP contribution < -0.4 is 0 Å². The maximum absolute atomic E-state index is 11.9. The Morgan fingerprint density at radius 3 is 2.29 bits per heavy atom. The molecule has 5 nitrogen and oxygen atoms in total. The van der Waals surface area contributed by atoms with Gasteiger partial charge in [-0.05, 0) is 13.3 Å². The average Bonchev–Trinajstić information content (AvgIpc) is 2.56. The molecule has 1 rings (SSSR count). The van der Waals surface area contributed by atoms with Gasteiger partial charge in [-0.15, -0.1) is 12.6 Å². The summed E-state index contributed by atoms with van der Waals surface area (Å²) in [4.78, 5) is 34.2. The van der Waals surface area contributed by atoms with Gasteiger partial charge in [0.15, 0.2) is 4.87 Å². The molecule has 0 aromatic carbocycles. The Balaban J connectivity index is 3.14. The summed E-state index contributed by atoms with van der Waals surface area (Å²) in [6, 6.07) is 0. The second kappa shape index (κ2) is 4.68. The fraction of sp³-hybridized carbons (Fsp3) is 0.727. The normalized spacial score (nSPS) is 28.5.